The number of nitro groups is 1. The van der Waals surface area contributed by atoms with E-state index in [1.807, 2.05) is 0 Å². The first kappa shape index (κ1) is 11.7. The minimum Gasteiger partial charge on any atom is -0.355 e. The van der Waals surface area contributed by atoms with Gasteiger partial charge in [-0.05, 0) is 12.1 Å². The van der Waals surface area contributed by atoms with Gasteiger partial charge in [0, 0.05) is 24.2 Å². The maximum atomic E-state index is 11.2. The Balaban J connectivity index is 2.37. The van der Waals surface area contributed by atoms with Gasteiger partial charge in [-0.25, -0.2) is 0 Å². The number of halogens is 1. The molecule has 1 fully saturated rings. The molecule has 17 heavy (non-hydrogen) atoms. The number of carbonyl (C=O) groups excluding carboxylic acids is 1. The molecule has 1 aliphatic heterocycles. The fourth-order valence-corrected chi connectivity index (χ4v) is 1.92. The van der Waals surface area contributed by atoms with E-state index in [4.69, 9.17) is 11.6 Å². The molecule has 90 valence electrons. The number of hydrogen-bond acceptors (Lipinski definition) is 4. The number of nitrogens with zero attached hydrogens (tertiary/aromatic N) is 2. The van der Waals surface area contributed by atoms with Crippen LogP contribution in [0.1, 0.15) is 0 Å². The van der Waals surface area contributed by atoms with Crippen LogP contribution in [0.5, 0.6) is 0 Å². The van der Waals surface area contributed by atoms with Crippen molar-refractivity contribution >= 4 is 28.9 Å². The van der Waals surface area contributed by atoms with Crippen molar-refractivity contribution in [2.75, 3.05) is 24.5 Å². The zero-order valence-electron chi connectivity index (χ0n) is 8.85. The second-order valence-electron chi connectivity index (χ2n) is 3.66. The van der Waals surface area contributed by atoms with Gasteiger partial charge in [-0.2, -0.15) is 0 Å². The van der Waals surface area contributed by atoms with Gasteiger partial charge in [0.15, 0.2) is 0 Å². The van der Waals surface area contributed by atoms with Crippen molar-refractivity contribution < 1.29 is 9.72 Å². The molecule has 1 saturated heterocycles. The summed E-state index contributed by atoms with van der Waals surface area (Å²) < 4.78 is 0. The third kappa shape index (κ3) is 2.47. The number of amides is 1. The van der Waals surface area contributed by atoms with E-state index in [2.05, 4.69) is 5.32 Å². The zero-order chi connectivity index (χ0) is 12.4. The van der Waals surface area contributed by atoms with Crippen LogP contribution in [0.25, 0.3) is 0 Å². The molecule has 0 spiro atoms. The molecule has 1 amide bonds. The molecule has 1 N–H and O–H groups in total. The Morgan fingerprint density at radius 3 is 2.88 bits per heavy atom. The summed E-state index contributed by atoms with van der Waals surface area (Å²) in [4.78, 5) is 23.3. The fourth-order valence-electron chi connectivity index (χ4n) is 1.75. The van der Waals surface area contributed by atoms with Gasteiger partial charge in [0.25, 0.3) is 5.69 Å². The zero-order valence-corrected chi connectivity index (χ0v) is 9.61. The molecule has 7 heteroatoms. The average molecular weight is 256 g/mol. The van der Waals surface area contributed by atoms with E-state index < -0.39 is 4.92 Å². The Bertz CT molecular complexity index is 478. The smallest absolute Gasteiger partial charge is 0.294 e. The summed E-state index contributed by atoms with van der Waals surface area (Å²) in [7, 11) is 0. The number of carbonyl (C=O) groups is 1. The molecular formula is C10H10ClN3O3. The van der Waals surface area contributed by atoms with Crippen molar-refractivity contribution in [3.63, 3.8) is 0 Å². The quantitative estimate of drug-likeness (QED) is 0.636. The highest BCUT2D eigenvalue weighted by atomic mass is 35.5. The lowest BCUT2D eigenvalue weighted by molar-refractivity contribution is -0.384. The number of hydrogen-bond donors (Lipinski definition) is 1. The molecule has 0 aromatic heterocycles. The predicted molar refractivity (Wildman–Crippen MR) is 63.3 cm³/mol. The van der Waals surface area contributed by atoms with Crippen LogP contribution < -0.4 is 10.2 Å². The molecule has 6 nitrogen and oxygen atoms in total. The Hall–Kier alpha value is -1.82. The first-order chi connectivity index (χ1) is 8.08. The second-order valence-corrected chi connectivity index (χ2v) is 4.10. The summed E-state index contributed by atoms with van der Waals surface area (Å²) >= 11 is 5.73. The molecule has 2 rings (SSSR count). The molecule has 1 aromatic rings. The van der Waals surface area contributed by atoms with E-state index in [1.165, 1.54) is 6.07 Å². The maximum absolute atomic E-state index is 11.2. The van der Waals surface area contributed by atoms with Gasteiger partial charge in [0.2, 0.25) is 5.91 Å². The topological polar surface area (TPSA) is 75.5 Å². The second kappa shape index (κ2) is 4.58. The summed E-state index contributed by atoms with van der Waals surface area (Å²) in [5.74, 6) is -0.138. The highest BCUT2D eigenvalue weighted by molar-refractivity contribution is 6.30. The summed E-state index contributed by atoms with van der Waals surface area (Å²) in [6.07, 6.45) is 0. The molecule has 1 aliphatic rings. The predicted octanol–water partition coefficient (Wildman–Crippen LogP) is 1.18. The first-order valence-electron chi connectivity index (χ1n) is 5.03. The monoisotopic (exact) mass is 255 g/mol. The summed E-state index contributed by atoms with van der Waals surface area (Å²) in [5, 5.41) is 13.9. The van der Waals surface area contributed by atoms with E-state index >= 15 is 0 Å². The number of piperazine rings is 1. The van der Waals surface area contributed by atoms with Crippen LogP contribution in [0.4, 0.5) is 11.4 Å². The lowest BCUT2D eigenvalue weighted by Crippen LogP contribution is -2.47. The SMILES string of the molecule is O=C1CN(c2ccc(Cl)cc2[N+](=O)[O-])CCN1. The molecule has 1 aromatic carbocycles. The van der Waals surface area contributed by atoms with Gasteiger partial charge in [0.1, 0.15) is 5.69 Å². The average Bonchev–Trinajstić information content (AvgIpc) is 2.28. The van der Waals surface area contributed by atoms with E-state index in [0.29, 0.717) is 23.8 Å². The molecule has 0 unspecified atom stereocenters. The molecule has 0 bridgehead atoms. The van der Waals surface area contributed by atoms with Gasteiger partial charge in [0.05, 0.1) is 11.5 Å². The van der Waals surface area contributed by atoms with Crippen LogP contribution in [-0.4, -0.2) is 30.5 Å². The number of nitro benzene ring substituents is 1. The van der Waals surface area contributed by atoms with Crippen LogP contribution in [0, 0.1) is 10.1 Å². The van der Waals surface area contributed by atoms with E-state index in [9.17, 15) is 14.9 Å². The van der Waals surface area contributed by atoms with Crippen molar-refractivity contribution in [3.05, 3.63) is 33.3 Å². The molecule has 0 saturated carbocycles. The molecule has 0 atom stereocenters. The minimum absolute atomic E-state index is 0.0767. The van der Waals surface area contributed by atoms with Gasteiger partial charge < -0.3 is 10.2 Å². The number of rotatable bonds is 2. The summed E-state index contributed by atoms with van der Waals surface area (Å²) in [6.45, 7) is 1.16. The van der Waals surface area contributed by atoms with E-state index in [-0.39, 0.29) is 18.1 Å². The standard InChI is InChI=1S/C10H10ClN3O3/c11-7-1-2-8(9(5-7)14(16)17)13-4-3-12-10(15)6-13/h1-2,5H,3-4,6H2,(H,12,15). The molecule has 0 aliphatic carbocycles. The van der Waals surface area contributed by atoms with E-state index in [1.54, 1.807) is 17.0 Å². The third-order valence-electron chi connectivity index (χ3n) is 2.51. The molecule has 1 heterocycles. The van der Waals surface area contributed by atoms with Crippen molar-refractivity contribution in [2.45, 2.75) is 0 Å². The van der Waals surface area contributed by atoms with Crippen LogP contribution >= 0.6 is 11.6 Å². The highest BCUT2D eigenvalue weighted by Crippen LogP contribution is 2.31. The highest BCUT2D eigenvalue weighted by Gasteiger charge is 2.23. The van der Waals surface area contributed by atoms with Crippen molar-refractivity contribution in [2.24, 2.45) is 0 Å². The number of nitrogens with one attached hydrogen (secondary N) is 1. The summed E-state index contributed by atoms with van der Waals surface area (Å²) in [6, 6.07) is 4.44. The van der Waals surface area contributed by atoms with Crippen molar-refractivity contribution in [3.8, 4) is 0 Å². The first-order valence-corrected chi connectivity index (χ1v) is 5.41. The third-order valence-corrected chi connectivity index (χ3v) is 2.75. The Labute approximate surface area is 102 Å². The Morgan fingerprint density at radius 2 is 2.24 bits per heavy atom. The molecular weight excluding hydrogens is 246 g/mol. The van der Waals surface area contributed by atoms with Gasteiger partial charge in [-0.3, -0.25) is 14.9 Å². The maximum Gasteiger partial charge on any atom is 0.294 e. The van der Waals surface area contributed by atoms with Crippen molar-refractivity contribution in [1.29, 1.82) is 0 Å². The van der Waals surface area contributed by atoms with E-state index in [0.717, 1.165) is 0 Å². The molecule has 0 radical (unpaired) electrons. The van der Waals surface area contributed by atoms with Crippen LogP contribution in [0.2, 0.25) is 5.02 Å². The summed E-state index contributed by atoms with van der Waals surface area (Å²) in [5.41, 5.74) is 0.349. The number of benzene rings is 1. The fraction of sp³-hybridized carbons (Fsp3) is 0.300. The van der Waals surface area contributed by atoms with Gasteiger partial charge in [-0.15, -0.1) is 0 Å². The van der Waals surface area contributed by atoms with Crippen LogP contribution in [0.3, 0.4) is 0 Å². The van der Waals surface area contributed by atoms with Crippen molar-refractivity contribution in [1.82, 2.24) is 5.32 Å². The minimum atomic E-state index is -0.492. The van der Waals surface area contributed by atoms with Crippen LogP contribution in [0.15, 0.2) is 18.2 Å². The normalized spacial score (nSPS) is 15.6. The van der Waals surface area contributed by atoms with Gasteiger partial charge in [-0.1, -0.05) is 11.6 Å². The van der Waals surface area contributed by atoms with Gasteiger partial charge >= 0.3 is 0 Å². The Morgan fingerprint density at radius 1 is 1.47 bits per heavy atom. The Kier molecular flexibility index (Phi) is 3.14. The lowest BCUT2D eigenvalue weighted by atomic mass is 10.2. The largest absolute Gasteiger partial charge is 0.355 e. The number of anilines is 1. The van der Waals surface area contributed by atoms with Crippen LogP contribution in [-0.2, 0) is 4.79 Å². The lowest BCUT2D eigenvalue weighted by Gasteiger charge is -2.28.